The molecule has 0 saturated carbocycles. The highest BCUT2D eigenvalue weighted by Gasteiger charge is 2.28. The lowest BCUT2D eigenvalue weighted by Gasteiger charge is -2.31. The van der Waals surface area contributed by atoms with E-state index in [2.05, 4.69) is 5.32 Å². The number of amides is 3. The van der Waals surface area contributed by atoms with E-state index in [1.165, 1.54) is 0 Å². The van der Waals surface area contributed by atoms with Gasteiger partial charge in [0.1, 0.15) is 0 Å². The SMILES string of the molecule is CC(C)N(C)C(=O)c1ccc(Cl)c(NC(=O)C2CCN(C(=O)CCc3ccccc3)CC2)c1. The Morgan fingerprint density at radius 1 is 1.09 bits per heavy atom. The maximum absolute atomic E-state index is 12.9. The van der Waals surface area contributed by atoms with E-state index in [9.17, 15) is 14.4 Å². The smallest absolute Gasteiger partial charge is 0.253 e. The molecule has 1 saturated heterocycles. The van der Waals surface area contributed by atoms with Crippen molar-refractivity contribution in [1.29, 1.82) is 0 Å². The van der Waals surface area contributed by atoms with Crippen LogP contribution in [0.25, 0.3) is 0 Å². The van der Waals surface area contributed by atoms with Crippen LogP contribution >= 0.6 is 11.6 Å². The number of carbonyl (C=O) groups is 3. The molecule has 1 aliphatic heterocycles. The predicted molar refractivity (Wildman–Crippen MR) is 131 cm³/mol. The summed E-state index contributed by atoms with van der Waals surface area (Å²) in [6.45, 7) is 5.01. The van der Waals surface area contributed by atoms with Crippen molar-refractivity contribution in [2.45, 2.75) is 45.6 Å². The summed E-state index contributed by atoms with van der Waals surface area (Å²) < 4.78 is 0. The van der Waals surface area contributed by atoms with Crippen molar-refractivity contribution < 1.29 is 14.4 Å². The van der Waals surface area contributed by atoms with Gasteiger partial charge in [0, 0.05) is 44.1 Å². The topological polar surface area (TPSA) is 69.7 Å². The zero-order valence-corrected chi connectivity index (χ0v) is 20.3. The van der Waals surface area contributed by atoms with Crippen LogP contribution in [0.15, 0.2) is 48.5 Å². The number of carbonyl (C=O) groups excluding carboxylic acids is 3. The highest BCUT2D eigenvalue weighted by molar-refractivity contribution is 6.34. The Balaban J connectivity index is 1.53. The summed E-state index contributed by atoms with van der Waals surface area (Å²) in [6.07, 6.45) is 2.41. The van der Waals surface area contributed by atoms with Crippen molar-refractivity contribution in [1.82, 2.24) is 9.80 Å². The molecule has 1 heterocycles. The fourth-order valence-corrected chi connectivity index (χ4v) is 4.04. The first-order valence-corrected chi connectivity index (χ1v) is 11.8. The van der Waals surface area contributed by atoms with Crippen LogP contribution in [0.5, 0.6) is 0 Å². The summed E-state index contributed by atoms with van der Waals surface area (Å²) in [6, 6.07) is 15.0. The molecule has 0 aromatic heterocycles. The van der Waals surface area contributed by atoms with Crippen LogP contribution < -0.4 is 5.32 Å². The number of anilines is 1. The molecule has 3 rings (SSSR count). The number of likely N-dealkylation sites (tertiary alicyclic amines) is 1. The second kappa shape index (κ2) is 11.3. The monoisotopic (exact) mass is 469 g/mol. The molecule has 1 N–H and O–H groups in total. The number of halogens is 1. The Bertz CT molecular complexity index is 986. The highest BCUT2D eigenvalue weighted by atomic mass is 35.5. The maximum atomic E-state index is 12.9. The van der Waals surface area contributed by atoms with Crippen LogP contribution in [0.1, 0.15) is 49.0 Å². The van der Waals surface area contributed by atoms with Gasteiger partial charge in [0.2, 0.25) is 11.8 Å². The van der Waals surface area contributed by atoms with Gasteiger partial charge in [0.25, 0.3) is 5.91 Å². The summed E-state index contributed by atoms with van der Waals surface area (Å²) >= 11 is 6.28. The lowest BCUT2D eigenvalue weighted by atomic mass is 9.95. The first-order valence-electron chi connectivity index (χ1n) is 11.5. The van der Waals surface area contributed by atoms with Gasteiger partial charge in [-0.3, -0.25) is 14.4 Å². The third-order valence-electron chi connectivity index (χ3n) is 6.25. The van der Waals surface area contributed by atoms with E-state index in [1.54, 1.807) is 30.1 Å². The van der Waals surface area contributed by atoms with Crippen LogP contribution in [0.4, 0.5) is 5.69 Å². The summed E-state index contributed by atoms with van der Waals surface area (Å²) in [4.78, 5) is 41.5. The predicted octanol–water partition coefficient (Wildman–Crippen LogP) is 4.63. The second-order valence-corrected chi connectivity index (χ2v) is 9.24. The zero-order chi connectivity index (χ0) is 24.0. The lowest BCUT2D eigenvalue weighted by molar-refractivity contribution is -0.134. The molecule has 2 aromatic carbocycles. The first kappa shape index (κ1) is 24.8. The molecule has 0 spiro atoms. The van der Waals surface area contributed by atoms with E-state index in [4.69, 9.17) is 11.6 Å². The quantitative estimate of drug-likeness (QED) is 0.642. The third-order valence-corrected chi connectivity index (χ3v) is 6.58. The van der Waals surface area contributed by atoms with Crippen molar-refractivity contribution in [2.75, 3.05) is 25.5 Å². The number of nitrogens with zero attached hydrogens (tertiary/aromatic N) is 2. The molecule has 7 heteroatoms. The zero-order valence-electron chi connectivity index (χ0n) is 19.5. The van der Waals surface area contributed by atoms with E-state index in [0.717, 1.165) is 12.0 Å². The molecule has 33 heavy (non-hydrogen) atoms. The average Bonchev–Trinajstić information content (AvgIpc) is 2.83. The third kappa shape index (κ3) is 6.57. The molecule has 1 fully saturated rings. The minimum absolute atomic E-state index is 0.0619. The van der Waals surface area contributed by atoms with Crippen molar-refractivity contribution >= 4 is 35.0 Å². The fraction of sp³-hybridized carbons (Fsp3) is 0.423. The molecular formula is C26H32ClN3O3. The minimum Gasteiger partial charge on any atom is -0.343 e. The first-order chi connectivity index (χ1) is 15.8. The molecule has 1 aliphatic rings. The number of aryl methyl sites for hydroxylation is 1. The molecule has 0 unspecified atom stereocenters. The molecule has 0 aliphatic carbocycles. The Labute approximate surface area is 200 Å². The van der Waals surface area contributed by atoms with E-state index >= 15 is 0 Å². The number of benzene rings is 2. The Morgan fingerprint density at radius 3 is 2.39 bits per heavy atom. The molecule has 6 nitrogen and oxygen atoms in total. The van der Waals surface area contributed by atoms with Crippen LogP contribution in [0, 0.1) is 5.92 Å². The maximum Gasteiger partial charge on any atom is 0.253 e. The number of rotatable bonds is 7. The highest BCUT2D eigenvalue weighted by Crippen LogP contribution is 2.26. The fourth-order valence-electron chi connectivity index (χ4n) is 3.87. The number of nitrogens with one attached hydrogen (secondary N) is 1. The van der Waals surface area contributed by atoms with Crippen LogP contribution in [-0.4, -0.2) is 53.7 Å². The molecule has 3 amide bonds. The Hall–Kier alpha value is -2.86. The molecule has 2 aromatic rings. The van der Waals surface area contributed by atoms with Crippen molar-refractivity contribution in [3.8, 4) is 0 Å². The largest absolute Gasteiger partial charge is 0.343 e. The summed E-state index contributed by atoms with van der Waals surface area (Å²) in [7, 11) is 1.74. The van der Waals surface area contributed by atoms with Crippen LogP contribution in [0.3, 0.4) is 0 Å². The van der Waals surface area contributed by atoms with Gasteiger partial charge in [-0.25, -0.2) is 0 Å². The average molecular weight is 470 g/mol. The van der Waals surface area contributed by atoms with Gasteiger partial charge in [-0.15, -0.1) is 0 Å². The van der Waals surface area contributed by atoms with Crippen LogP contribution in [-0.2, 0) is 16.0 Å². The van der Waals surface area contributed by atoms with E-state index in [-0.39, 0.29) is 29.7 Å². The Kier molecular flexibility index (Phi) is 8.50. The van der Waals surface area contributed by atoms with Gasteiger partial charge in [0.15, 0.2) is 0 Å². The van der Waals surface area contributed by atoms with E-state index < -0.39 is 0 Å². The molecule has 0 atom stereocenters. The summed E-state index contributed by atoms with van der Waals surface area (Å²) in [5.74, 6) is -0.326. The van der Waals surface area contributed by atoms with Gasteiger partial charge in [-0.2, -0.15) is 0 Å². The van der Waals surface area contributed by atoms with Gasteiger partial charge in [0.05, 0.1) is 10.7 Å². The van der Waals surface area contributed by atoms with Gasteiger partial charge in [-0.05, 0) is 56.9 Å². The normalized spacial score (nSPS) is 14.3. The molecule has 0 radical (unpaired) electrons. The summed E-state index contributed by atoms with van der Waals surface area (Å²) in [5.41, 5.74) is 2.06. The molecule has 176 valence electrons. The number of hydrogen-bond acceptors (Lipinski definition) is 3. The van der Waals surface area contributed by atoms with Gasteiger partial charge >= 0.3 is 0 Å². The molecular weight excluding hydrogens is 438 g/mol. The van der Waals surface area contributed by atoms with Gasteiger partial charge < -0.3 is 15.1 Å². The van der Waals surface area contributed by atoms with Crippen molar-refractivity contribution in [2.24, 2.45) is 5.92 Å². The minimum atomic E-state index is -0.197. The van der Waals surface area contributed by atoms with Crippen LogP contribution in [0.2, 0.25) is 5.02 Å². The number of hydrogen-bond donors (Lipinski definition) is 1. The summed E-state index contributed by atoms with van der Waals surface area (Å²) in [5, 5.41) is 3.28. The standard InChI is InChI=1S/C26H32ClN3O3/c1-18(2)29(3)26(33)21-10-11-22(27)23(17-21)28-25(32)20-13-15-30(16-14-20)24(31)12-9-19-7-5-4-6-8-19/h4-8,10-11,17-18,20H,9,12-16H2,1-3H3,(H,28,32). The Morgan fingerprint density at radius 2 is 1.76 bits per heavy atom. The lowest BCUT2D eigenvalue weighted by Crippen LogP contribution is -2.41. The van der Waals surface area contributed by atoms with Gasteiger partial charge in [-0.1, -0.05) is 41.9 Å². The second-order valence-electron chi connectivity index (χ2n) is 8.83. The van der Waals surface area contributed by atoms with E-state index in [0.29, 0.717) is 48.6 Å². The van der Waals surface area contributed by atoms with Crippen molar-refractivity contribution in [3.63, 3.8) is 0 Å². The molecule has 0 bridgehead atoms. The van der Waals surface area contributed by atoms with E-state index in [1.807, 2.05) is 49.1 Å². The number of piperidine rings is 1. The van der Waals surface area contributed by atoms with Crippen molar-refractivity contribution in [3.05, 3.63) is 64.7 Å².